The van der Waals surface area contributed by atoms with Gasteiger partial charge < -0.3 is 29.3 Å². The predicted octanol–water partition coefficient (Wildman–Crippen LogP) is 2.89. The van der Waals surface area contributed by atoms with Crippen LogP contribution in [0.5, 0.6) is 11.6 Å². The van der Waals surface area contributed by atoms with Crippen LogP contribution in [0.15, 0.2) is 24.4 Å². The van der Waals surface area contributed by atoms with Gasteiger partial charge in [-0.2, -0.15) is 0 Å². The van der Waals surface area contributed by atoms with Gasteiger partial charge >= 0.3 is 0 Å². The molecule has 0 radical (unpaired) electrons. The number of halogens is 2. The van der Waals surface area contributed by atoms with Crippen molar-refractivity contribution in [2.75, 3.05) is 27.4 Å². The van der Waals surface area contributed by atoms with Crippen LogP contribution < -0.4 is 9.47 Å². The first-order valence-corrected chi connectivity index (χ1v) is 7.58. The van der Waals surface area contributed by atoms with Gasteiger partial charge in [0.2, 0.25) is 0 Å². The highest BCUT2D eigenvalue weighted by Gasteiger charge is 2.26. The molecule has 3 aromatic rings. The lowest BCUT2D eigenvalue weighted by Crippen LogP contribution is -2.10. The molecular formula is C17H18F2N2O4. The summed E-state index contributed by atoms with van der Waals surface area (Å²) < 4.78 is 44.0. The van der Waals surface area contributed by atoms with Crippen LogP contribution in [0, 0.1) is 11.6 Å². The molecule has 0 aliphatic carbocycles. The van der Waals surface area contributed by atoms with E-state index in [2.05, 4.69) is 9.97 Å². The van der Waals surface area contributed by atoms with Gasteiger partial charge in [0.05, 0.1) is 19.3 Å². The highest BCUT2D eigenvalue weighted by molar-refractivity contribution is 5.83. The van der Waals surface area contributed by atoms with Gasteiger partial charge in [0.15, 0.2) is 17.4 Å². The van der Waals surface area contributed by atoms with E-state index in [1.165, 1.54) is 26.5 Å². The third-order valence-electron chi connectivity index (χ3n) is 3.90. The topological polar surface area (TPSA) is 79.5 Å². The number of aromatic amines is 2. The fourth-order valence-electron chi connectivity index (χ4n) is 2.64. The number of benzene rings is 1. The summed E-state index contributed by atoms with van der Waals surface area (Å²) >= 11 is 0. The molecule has 0 amide bonds. The molecule has 0 fully saturated rings. The summed E-state index contributed by atoms with van der Waals surface area (Å²) in [5.41, 5.74) is 0.427. The minimum Gasteiger partial charge on any atom is -0.488 e. The van der Waals surface area contributed by atoms with Crippen molar-refractivity contribution in [3.63, 3.8) is 0 Å². The first-order valence-electron chi connectivity index (χ1n) is 7.58. The Bertz CT molecular complexity index is 875. The lowest BCUT2D eigenvalue weighted by Gasteiger charge is -2.15. The quantitative estimate of drug-likeness (QED) is 0.571. The molecule has 0 bridgehead atoms. The smallest absolute Gasteiger partial charge is 0.192 e. The Morgan fingerprint density at radius 1 is 1.20 bits per heavy atom. The summed E-state index contributed by atoms with van der Waals surface area (Å²) in [5.74, 6) is -1.49. The van der Waals surface area contributed by atoms with Crippen molar-refractivity contribution >= 4 is 11.0 Å². The van der Waals surface area contributed by atoms with Gasteiger partial charge in [0.1, 0.15) is 24.2 Å². The number of aliphatic hydroxyl groups is 1. The summed E-state index contributed by atoms with van der Waals surface area (Å²) in [6, 6.07) is 3.88. The molecule has 1 aromatic carbocycles. The second-order valence-corrected chi connectivity index (χ2v) is 5.39. The van der Waals surface area contributed by atoms with Gasteiger partial charge in [0.25, 0.3) is 0 Å². The molecule has 0 spiro atoms. The van der Waals surface area contributed by atoms with E-state index in [9.17, 15) is 13.9 Å². The fraction of sp³-hybridized carbons (Fsp3) is 0.294. The van der Waals surface area contributed by atoms with Crippen molar-refractivity contribution in [1.29, 1.82) is 0 Å². The van der Waals surface area contributed by atoms with Gasteiger partial charge in [-0.3, -0.25) is 0 Å². The summed E-state index contributed by atoms with van der Waals surface area (Å²) in [6.07, 6.45) is -0.0250. The normalized spacial score (nSPS) is 12.5. The van der Waals surface area contributed by atoms with Crippen LogP contribution in [0.3, 0.4) is 0 Å². The Kier molecular flexibility index (Phi) is 4.91. The van der Waals surface area contributed by atoms with Crippen LogP contribution in [-0.2, 0) is 4.74 Å². The number of H-pyrrole nitrogens is 2. The zero-order chi connectivity index (χ0) is 18.0. The van der Waals surface area contributed by atoms with Crippen molar-refractivity contribution in [2.45, 2.75) is 6.10 Å². The first kappa shape index (κ1) is 17.2. The number of hydrogen-bond acceptors (Lipinski definition) is 4. The maximum Gasteiger partial charge on any atom is 0.192 e. The van der Waals surface area contributed by atoms with E-state index in [0.717, 1.165) is 6.07 Å². The van der Waals surface area contributed by atoms with Crippen LogP contribution in [-0.4, -0.2) is 42.5 Å². The van der Waals surface area contributed by atoms with E-state index >= 15 is 0 Å². The molecule has 0 aliphatic rings. The molecule has 2 aromatic heterocycles. The van der Waals surface area contributed by atoms with Gasteiger partial charge in [-0.25, -0.2) is 8.78 Å². The molecule has 6 nitrogen and oxygen atoms in total. The molecule has 3 N–H and O–H groups in total. The number of rotatable bonds is 7. The molecule has 0 saturated carbocycles. The summed E-state index contributed by atoms with van der Waals surface area (Å²) in [5, 5.41) is 11.2. The van der Waals surface area contributed by atoms with E-state index in [4.69, 9.17) is 14.2 Å². The zero-order valence-electron chi connectivity index (χ0n) is 13.7. The molecule has 134 valence electrons. The lowest BCUT2D eigenvalue weighted by atomic mass is 10.0. The molecule has 2 heterocycles. The third kappa shape index (κ3) is 3.18. The highest BCUT2D eigenvalue weighted by Crippen LogP contribution is 2.35. The minimum atomic E-state index is -1.51. The Morgan fingerprint density at radius 2 is 2.00 bits per heavy atom. The van der Waals surface area contributed by atoms with Crippen LogP contribution in [0.4, 0.5) is 8.78 Å². The molecule has 25 heavy (non-hydrogen) atoms. The van der Waals surface area contributed by atoms with E-state index in [-0.39, 0.29) is 19.0 Å². The van der Waals surface area contributed by atoms with Gasteiger partial charge in [0, 0.05) is 30.3 Å². The van der Waals surface area contributed by atoms with Crippen molar-refractivity contribution in [3.05, 3.63) is 47.2 Å². The number of fused-ring (bicyclic) bond motifs is 1. The molecule has 0 saturated heterocycles. The van der Waals surface area contributed by atoms with Crippen molar-refractivity contribution in [2.24, 2.45) is 0 Å². The minimum absolute atomic E-state index is 0.109. The zero-order valence-corrected chi connectivity index (χ0v) is 13.7. The average molecular weight is 352 g/mol. The summed E-state index contributed by atoms with van der Waals surface area (Å²) in [7, 11) is 2.98. The average Bonchev–Trinajstić information content (AvgIpc) is 3.17. The number of hydrogen-bond donors (Lipinski definition) is 3. The monoisotopic (exact) mass is 352 g/mol. The third-order valence-corrected chi connectivity index (χ3v) is 3.90. The molecule has 3 rings (SSSR count). The lowest BCUT2D eigenvalue weighted by molar-refractivity contribution is 0.142. The SMILES string of the molecule is COCCOc1ccc(F)c(C(O)c2c[nH]c3[nH]c(OC)cc23)c1F. The van der Waals surface area contributed by atoms with Crippen molar-refractivity contribution < 1.29 is 28.1 Å². The maximum absolute atomic E-state index is 14.7. The van der Waals surface area contributed by atoms with Crippen molar-refractivity contribution in [3.8, 4) is 11.6 Å². The number of aliphatic hydroxyl groups excluding tert-OH is 1. The number of nitrogens with one attached hydrogen (secondary N) is 2. The van der Waals surface area contributed by atoms with E-state index in [0.29, 0.717) is 22.5 Å². The van der Waals surface area contributed by atoms with Crippen LogP contribution >= 0.6 is 0 Å². The molecule has 0 aliphatic heterocycles. The summed E-state index contributed by atoms with van der Waals surface area (Å²) in [6.45, 7) is 0.369. The Hall–Kier alpha value is -2.58. The molecule has 1 atom stereocenters. The Labute approximate surface area is 142 Å². The Balaban J connectivity index is 1.98. The first-order chi connectivity index (χ1) is 12.1. The number of aromatic nitrogens is 2. The van der Waals surface area contributed by atoms with Crippen LogP contribution in [0.1, 0.15) is 17.2 Å². The van der Waals surface area contributed by atoms with E-state index in [1.54, 1.807) is 6.07 Å². The number of ether oxygens (including phenoxy) is 3. The predicted molar refractivity (Wildman–Crippen MR) is 87.0 cm³/mol. The van der Waals surface area contributed by atoms with Crippen LogP contribution in [0.2, 0.25) is 0 Å². The Morgan fingerprint density at radius 3 is 2.72 bits per heavy atom. The standard InChI is InChI=1S/C17H18F2N2O4/c1-23-5-6-25-12-4-3-11(18)14(15(12)19)16(22)10-8-20-17-9(10)7-13(21-17)24-2/h3-4,7-8,16,20-22H,5-6H2,1-2H3. The van der Waals surface area contributed by atoms with Crippen LogP contribution in [0.25, 0.3) is 11.0 Å². The second-order valence-electron chi connectivity index (χ2n) is 5.39. The largest absolute Gasteiger partial charge is 0.488 e. The summed E-state index contributed by atoms with van der Waals surface area (Å²) in [4.78, 5) is 5.83. The maximum atomic E-state index is 14.7. The highest BCUT2D eigenvalue weighted by atomic mass is 19.1. The molecule has 1 unspecified atom stereocenters. The van der Waals surface area contributed by atoms with Crippen molar-refractivity contribution in [1.82, 2.24) is 9.97 Å². The fourth-order valence-corrected chi connectivity index (χ4v) is 2.64. The van der Waals surface area contributed by atoms with E-state index in [1.807, 2.05) is 0 Å². The second kappa shape index (κ2) is 7.12. The number of methoxy groups -OCH3 is 2. The molecule has 8 heteroatoms. The van der Waals surface area contributed by atoms with Gasteiger partial charge in [-0.15, -0.1) is 0 Å². The van der Waals surface area contributed by atoms with Gasteiger partial charge in [-0.05, 0) is 12.1 Å². The van der Waals surface area contributed by atoms with E-state index < -0.39 is 23.3 Å². The van der Waals surface area contributed by atoms with Gasteiger partial charge in [-0.1, -0.05) is 0 Å². The molecular weight excluding hydrogens is 334 g/mol.